The Hall–Kier alpha value is -0.610. The van der Waals surface area contributed by atoms with Gasteiger partial charge < -0.3 is 15.5 Å². The summed E-state index contributed by atoms with van der Waals surface area (Å²) < 4.78 is 0. The fraction of sp³-hybridized carbons (Fsp3) is 0.917. The summed E-state index contributed by atoms with van der Waals surface area (Å²) in [7, 11) is 0. The van der Waals surface area contributed by atoms with E-state index in [9.17, 15) is 9.90 Å². The lowest BCUT2D eigenvalue weighted by molar-refractivity contribution is -0.137. The number of carbonyl (C=O) groups is 1. The first-order valence-electron chi connectivity index (χ1n) is 6.13. The van der Waals surface area contributed by atoms with Crippen LogP contribution in [0.15, 0.2) is 0 Å². The van der Waals surface area contributed by atoms with Crippen LogP contribution in [0.3, 0.4) is 0 Å². The minimum atomic E-state index is -0.730. The summed E-state index contributed by atoms with van der Waals surface area (Å²) in [5, 5.41) is 21.1. The van der Waals surface area contributed by atoms with E-state index in [1.54, 1.807) is 0 Å². The standard InChI is InChI=1S/C12H25NO3/c1-3-12(4-2,10-14)9-13-8-6-5-7-11(15)16/h13-14H,3-10H2,1-2H3,(H,15,16). The lowest BCUT2D eigenvalue weighted by Crippen LogP contribution is -2.36. The van der Waals surface area contributed by atoms with Gasteiger partial charge in [0.1, 0.15) is 0 Å². The van der Waals surface area contributed by atoms with Crippen molar-refractivity contribution in [2.75, 3.05) is 19.7 Å². The Morgan fingerprint density at radius 2 is 1.88 bits per heavy atom. The van der Waals surface area contributed by atoms with E-state index >= 15 is 0 Å². The minimum Gasteiger partial charge on any atom is -0.481 e. The van der Waals surface area contributed by atoms with Gasteiger partial charge in [0, 0.05) is 25.0 Å². The zero-order valence-corrected chi connectivity index (χ0v) is 10.5. The van der Waals surface area contributed by atoms with Gasteiger partial charge in [0.15, 0.2) is 0 Å². The number of aliphatic hydroxyl groups excluding tert-OH is 1. The molecule has 0 aliphatic heterocycles. The first-order valence-corrected chi connectivity index (χ1v) is 6.13. The summed E-state index contributed by atoms with van der Waals surface area (Å²) in [6.45, 7) is 6.03. The number of nitrogens with one attached hydrogen (secondary N) is 1. The second-order valence-corrected chi connectivity index (χ2v) is 4.39. The van der Waals surface area contributed by atoms with E-state index in [2.05, 4.69) is 19.2 Å². The molecular formula is C12H25NO3. The smallest absolute Gasteiger partial charge is 0.303 e. The molecule has 0 aromatic rings. The third kappa shape index (κ3) is 6.08. The van der Waals surface area contributed by atoms with E-state index in [1.165, 1.54) is 0 Å². The van der Waals surface area contributed by atoms with Gasteiger partial charge >= 0.3 is 5.97 Å². The zero-order valence-electron chi connectivity index (χ0n) is 10.5. The molecule has 4 nitrogen and oxygen atoms in total. The van der Waals surface area contributed by atoms with Gasteiger partial charge in [-0.2, -0.15) is 0 Å². The average Bonchev–Trinajstić information content (AvgIpc) is 2.29. The highest BCUT2D eigenvalue weighted by atomic mass is 16.4. The van der Waals surface area contributed by atoms with Gasteiger partial charge in [-0.3, -0.25) is 4.79 Å². The molecule has 0 rings (SSSR count). The molecule has 0 aromatic carbocycles. The topological polar surface area (TPSA) is 69.6 Å². The van der Waals surface area contributed by atoms with Gasteiger partial charge in [0.2, 0.25) is 0 Å². The van der Waals surface area contributed by atoms with Gasteiger partial charge in [-0.15, -0.1) is 0 Å². The van der Waals surface area contributed by atoms with Crippen LogP contribution in [-0.2, 0) is 4.79 Å². The Labute approximate surface area is 98.1 Å². The monoisotopic (exact) mass is 231 g/mol. The van der Waals surface area contributed by atoms with E-state index in [0.29, 0.717) is 6.42 Å². The molecule has 0 saturated carbocycles. The molecular weight excluding hydrogens is 206 g/mol. The molecule has 0 heterocycles. The van der Waals surface area contributed by atoms with Crippen molar-refractivity contribution in [3.63, 3.8) is 0 Å². The normalized spacial score (nSPS) is 11.7. The number of hydrogen-bond donors (Lipinski definition) is 3. The van der Waals surface area contributed by atoms with Crippen molar-refractivity contribution >= 4 is 5.97 Å². The number of hydrogen-bond acceptors (Lipinski definition) is 3. The number of carboxylic acids is 1. The zero-order chi connectivity index (χ0) is 12.4. The molecule has 0 atom stereocenters. The Morgan fingerprint density at radius 1 is 1.25 bits per heavy atom. The Balaban J connectivity index is 3.59. The number of carboxylic acid groups (broad SMARTS) is 1. The Morgan fingerprint density at radius 3 is 2.31 bits per heavy atom. The van der Waals surface area contributed by atoms with Crippen LogP contribution < -0.4 is 5.32 Å². The largest absolute Gasteiger partial charge is 0.481 e. The van der Waals surface area contributed by atoms with Gasteiger partial charge in [-0.05, 0) is 32.2 Å². The van der Waals surface area contributed by atoms with Crippen molar-refractivity contribution in [2.24, 2.45) is 5.41 Å². The maximum atomic E-state index is 10.3. The molecule has 0 aromatic heterocycles. The summed E-state index contributed by atoms with van der Waals surface area (Å²) in [4.78, 5) is 10.3. The molecule has 0 aliphatic rings. The maximum absolute atomic E-state index is 10.3. The van der Waals surface area contributed by atoms with Crippen LogP contribution in [0.2, 0.25) is 0 Å². The van der Waals surface area contributed by atoms with Gasteiger partial charge in [0.25, 0.3) is 0 Å². The van der Waals surface area contributed by atoms with E-state index in [4.69, 9.17) is 5.11 Å². The van der Waals surface area contributed by atoms with Crippen molar-refractivity contribution < 1.29 is 15.0 Å². The van der Waals surface area contributed by atoms with Crippen LogP contribution in [0.5, 0.6) is 0 Å². The quantitative estimate of drug-likeness (QED) is 0.500. The lowest BCUT2D eigenvalue weighted by atomic mass is 9.83. The van der Waals surface area contributed by atoms with Crippen LogP contribution in [0.25, 0.3) is 0 Å². The molecule has 96 valence electrons. The number of aliphatic hydroxyl groups is 1. The van der Waals surface area contributed by atoms with Crippen LogP contribution >= 0.6 is 0 Å². The van der Waals surface area contributed by atoms with E-state index in [-0.39, 0.29) is 18.4 Å². The molecule has 4 heteroatoms. The highest BCUT2D eigenvalue weighted by Gasteiger charge is 2.24. The van der Waals surface area contributed by atoms with Crippen LogP contribution in [0.1, 0.15) is 46.0 Å². The maximum Gasteiger partial charge on any atom is 0.303 e. The van der Waals surface area contributed by atoms with Crippen LogP contribution in [0.4, 0.5) is 0 Å². The molecule has 0 fully saturated rings. The van der Waals surface area contributed by atoms with E-state index in [0.717, 1.165) is 32.4 Å². The third-order valence-corrected chi connectivity index (χ3v) is 3.33. The molecule has 0 spiro atoms. The molecule has 0 amide bonds. The highest BCUT2D eigenvalue weighted by Crippen LogP contribution is 2.24. The van der Waals surface area contributed by atoms with Crippen molar-refractivity contribution in [1.82, 2.24) is 5.32 Å². The Kier molecular flexibility index (Phi) is 8.21. The summed E-state index contributed by atoms with van der Waals surface area (Å²) in [5.74, 6) is -0.730. The SMILES string of the molecule is CCC(CC)(CO)CNCCCCC(=O)O. The number of rotatable bonds is 10. The van der Waals surface area contributed by atoms with E-state index < -0.39 is 5.97 Å². The summed E-state index contributed by atoms with van der Waals surface area (Å²) in [6, 6.07) is 0. The van der Waals surface area contributed by atoms with Crippen molar-refractivity contribution in [1.29, 1.82) is 0 Å². The second-order valence-electron chi connectivity index (χ2n) is 4.39. The molecule has 0 bridgehead atoms. The minimum absolute atomic E-state index is 0.00714. The number of aliphatic carboxylic acids is 1. The average molecular weight is 231 g/mol. The first-order chi connectivity index (χ1) is 7.60. The third-order valence-electron chi connectivity index (χ3n) is 3.33. The molecule has 3 N–H and O–H groups in total. The predicted octanol–water partition coefficient (Wildman–Crippen LogP) is 1.63. The fourth-order valence-electron chi connectivity index (χ4n) is 1.66. The van der Waals surface area contributed by atoms with Gasteiger partial charge in [0.05, 0.1) is 0 Å². The van der Waals surface area contributed by atoms with Crippen molar-refractivity contribution in [3.8, 4) is 0 Å². The first kappa shape index (κ1) is 15.4. The molecule has 0 radical (unpaired) electrons. The number of unbranched alkanes of at least 4 members (excludes halogenated alkanes) is 1. The summed E-state index contributed by atoms with van der Waals surface area (Å²) in [6.07, 6.45) is 3.76. The predicted molar refractivity (Wildman–Crippen MR) is 64.5 cm³/mol. The fourth-order valence-corrected chi connectivity index (χ4v) is 1.66. The lowest BCUT2D eigenvalue weighted by Gasteiger charge is -2.29. The van der Waals surface area contributed by atoms with Crippen LogP contribution in [-0.4, -0.2) is 35.9 Å². The molecule has 0 aliphatic carbocycles. The van der Waals surface area contributed by atoms with Gasteiger partial charge in [-0.25, -0.2) is 0 Å². The van der Waals surface area contributed by atoms with Gasteiger partial charge in [-0.1, -0.05) is 13.8 Å². The van der Waals surface area contributed by atoms with Crippen molar-refractivity contribution in [3.05, 3.63) is 0 Å². The van der Waals surface area contributed by atoms with E-state index in [1.807, 2.05) is 0 Å². The second kappa shape index (κ2) is 8.53. The van der Waals surface area contributed by atoms with Crippen LogP contribution in [0, 0.1) is 5.41 Å². The summed E-state index contributed by atoms with van der Waals surface area (Å²) in [5.41, 5.74) is -0.00714. The highest BCUT2D eigenvalue weighted by molar-refractivity contribution is 5.66. The molecule has 0 saturated heterocycles. The molecule has 0 unspecified atom stereocenters. The Bertz CT molecular complexity index is 182. The molecule has 16 heavy (non-hydrogen) atoms. The van der Waals surface area contributed by atoms with Crippen molar-refractivity contribution in [2.45, 2.75) is 46.0 Å². The summed E-state index contributed by atoms with van der Waals surface area (Å²) >= 11 is 0.